The summed E-state index contributed by atoms with van der Waals surface area (Å²) in [5.41, 5.74) is 0.700. The van der Waals surface area contributed by atoms with Crippen molar-refractivity contribution >= 4 is 21.4 Å². The molecule has 2 aromatic carbocycles. The molecule has 7 nitrogen and oxygen atoms in total. The summed E-state index contributed by atoms with van der Waals surface area (Å²) >= 11 is 0. The molecule has 0 saturated heterocycles. The molecule has 0 unspecified atom stereocenters. The Labute approximate surface area is 127 Å². The molecule has 0 fully saturated rings. The fourth-order valence-corrected chi connectivity index (χ4v) is 2.57. The van der Waals surface area contributed by atoms with E-state index in [1.807, 2.05) is 0 Å². The Morgan fingerprint density at radius 2 is 1.82 bits per heavy atom. The Hall–Kier alpha value is -2.74. The minimum atomic E-state index is -3.76. The van der Waals surface area contributed by atoms with E-state index in [0.29, 0.717) is 11.3 Å². The molecule has 8 heteroatoms. The van der Waals surface area contributed by atoms with Gasteiger partial charge in [0.2, 0.25) is 0 Å². The smallest absolute Gasteiger partial charge is 0.258 e. The molecule has 0 aromatic heterocycles. The summed E-state index contributed by atoms with van der Waals surface area (Å²) in [6, 6.07) is 13.6. The van der Waals surface area contributed by atoms with E-state index < -0.39 is 14.9 Å². The molecule has 0 saturated carbocycles. The van der Waals surface area contributed by atoms with Crippen molar-refractivity contribution in [1.29, 1.82) is 0 Å². The maximum atomic E-state index is 12.0. The van der Waals surface area contributed by atoms with Gasteiger partial charge < -0.3 is 0 Å². The highest BCUT2D eigenvalue weighted by Gasteiger charge is 2.13. The second kappa shape index (κ2) is 6.35. The third-order valence-electron chi connectivity index (χ3n) is 2.86. The van der Waals surface area contributed by atoms with E-state index in [1.54, 1.807) is 31.2 Å². The highest BCUT2D eigenvalue weighted by molar-refractivity contribution is 7.89. The molecule has 1 N–H and O–H groups in total. The summed E-state index contributed by atoms with van der Waals surface area (Å²) < 4.78 is 24.0. The van der Waals surface area contributed by atoms with E-state index in [1.165, 1.54) is 30.3 Å². The van der Waals surface area contributed by atoms with Crippen LogP contribution in [0, 0.1) is 10.1 Å². The van der Waals surface area contributed by atoms with Crippen LogP contribution in [0.2, 0.25) is 0 Å². The fraction of sp³-hybridized carbons (Fsp3) is 0.0714. The van der Waals surface area contributed by atoms with E-state index in [4.69, 9.17) is 0 Å². The molecular weight excluding hydrogens is 306 g/mol. The van der Waals surface area contributed by atoms with Gasteiger partial charge >= 0.3 is 0 Å². The van der Waals surface area contributed by atoms with Crippen LogP contribution < -0.4 is 4.83 Å². The van der Waals surface area contributed by atoms with Crippen molar-refractivity contribution in [2.24, 2.45) is 5.10 Å². The number of nitro groups is 1. The topological polar surface area (TPSA) is 102 Å². The van der Waals surface area contributed by atoms with Crippen LogP contribution in [-0.4, -0.2) is 19.1 Å². The van der Waals surface area contributed by atoms with Crippen LogP contribution >= 0.6 is 0 Å². The van der Waals surface area contributed by atoms with Gasteiger partial charge in [0.05, 0.1) is 15.5 Å². The van der Waals surface area contributed by atoms with Crippen LogP contribution in [0.25, 0.3) is 0 Å². The standard InChI is InChI=1S/C14H13N3O4S/c1-11(12-6-5-7-13(10-12)17(18)19)15-16-22(20,21)14-8-3-2-4-9-14/h2-10,16H,1H3. The van der Waals surface area contributed by atoms with Gasteiger partial charge in [0.1, 0.15) is 0 Å². The van der Waals surface area contributed by atoms with Crippen molar-refractivity contribution in [2.75, 3.05) is 0 Å². The van der Waals surface area contributed by atoms with Crippen LogP contribution in [0.15, 0.2) is 64.6 Å². The van der Waals surface area contributed by atoms with Crippen LogP contribution in [0.5, 0.6) is 0 Å². The SMILES string of the molecule is CC(=NNS(=O)(=O)c1ccccc1)c1cccc([N+](=O)[O-])c1. The maximum Gasteiger partial charge on any atom is 0.276 e. The molecule has 0 atom stereocenters. The van der Waals surface area contributed by atoms with E-state index in [9.17, 15) is 18.5 Å². The van der Waals surface area contributed by atoms with Crippen molar-refractivity contribution in [3.63, 3.8) is 0 Å². The molecule has 2 aromatic rings. The van der Waals surface area contributed by atoms with Gasteiger partial charge in [-0.05, 0) is 19.1 Å². The fourth-order valence-electron chi connectivity index (χ4n) is 1.69. The van der Waals surface area contributed by atoms with Gasteiger partial charge in [-0.25, -0.2) is 0 Å². The number of non-ortho nitro benzene ring substituents is 1. The monoisotopic (exact) mass is 319 g/mol. The average molecular weight is 319 g/mol. The Bertz CT molecular complexity index is 817. The van der Waals surface area contributed by atoms with Crippen molar-refractivity contribution in [2.45, 2.75) is 11.8 Å². The lowest BCUT2D eigenvalue weighted by Crippen LogP contribution is -2.19. The molecular formula is C14H13N3O4S. The summed E-state index contributed by atoms with van der Waals surface area (Å²) in [6.07, 6.45) is 0. The third-order valence-corrected chi connectivity index (χ3v) is 4.09. The summed E-state index contributed by atoms with van der Waals surface area (Å²) in [5.74, 6) is 0. The maximum absolute atomic E-state index is 12.0. The van der Waals surface area contributed by atoms with Gasteiger partial charge in [0, 0.05) is 17.7 Å². The molecule has 2 rings (SSSR count). The first-order chi connectivity index (χ1) is 10.4. The quantitative estimate of drug-likeness (QED) is 0.519. The molecule has 0 bridgehead atoms. The van der Waals surface area contributed by atoms with Crippen LogP contribution in [0.4, 0.5) is 5.69 Å². The first kappa shape index (κ1) is 15.6. The average Bonchev–Trinajstić information content (AvgIpc) is 2.53. The Morgan fingerprint density at radius 1 is 1.14 bits per heavy atom. The van der Waals surface area contributed by atoms with E-state index in [0.717, 1.165) is 0 Å². The molecule has 0 radical (unpaired) electrons. The number of nitrogens with one attached hydrogen (secondary N) is 1. The predicted molar refractivity (Wildman–Crippen MR) is 82.1 cm³/mol. The first-order valence-electron chi connectivity index (χ1n) is 6.26. The highest BCUT2D eigenvalue weighted by atomic mass is 32.2. The van der Waals surface area contributed by atoms with Gasteiger partial charge in [0.15, 0.2) is 0 Å². The lowest BCUT2D eigenvalue weighted by atomic mass is 10.1. The van der Waals surface area contributed by atoms with E-state index >= 15 is 0 Å². The number of sulfonamides is 1. The number of hydrogen-bond acceptors (Lipinski definition) is 5. The highest BCUT2D eigenvalue weighted by Crippen LogP contribution is 2.14. The molecule has 114 valence electrons. The van der Waals surface area contributed by atoms with Crippen molar-refractivity contribution in [3.8, 4) is 0 Å². The molecule has 0 amide bonds. The Kier molecular flexibility index (Phi) is 4.52. The Balaban J connectivity index is 2.23. The third kappa shape index (κ3) is 3.67. The predicted octanol–water partition coefficient (Wildman–Crippen LogP) is 2.30. The molecule has 0 spiro atoms. The number of hydrogen-bond donors (Lipinski definition) is 1. The van der Waals surface area contributed by atoms with Crippen LogP contribution in [0.3, 0.4) is 0 Å². The number of nitro benzene ring substituents is 1. The number of hydrazone groups is 1. The second-order valence-electron chi connectivity index (χ2n) is 4.41. The zero-order valence-corrected chi connectivity index (χ0v) is 12.4. The zero-order chi connectivity index (χ0) is 16.2. The summed E-state index contributed by atoms with van der Waals surface area (Å²) in [6.45, 7) is 1.56. The summed E-state index contributed by atoms with van der Waals surface area (Å²) in [7, 11) is -3.76. The number of rotatable bonds is 5. The van der Waals surface area contributed by atoms with Crippen LogP contribution in [0.1, 0.15) is 12.5 Å². The summed E-state index contributed by atoms with van der Waals surface area (Å²) in [4.78, 5) is 12.4. The molecule has 0 aliphatic carbocycles. The minimum Gasteiger partial charge on any atom is -0.258 e. The minimum absolute atomic E-state index is 0.0852. The number of benzene rings is 2. The van der Waals surface area contributed by atoms with Gasteiger partial charge in [-0.15, -0.1) is 0 Å². The van der Waals surface area contributed by atoms with Crippen molar-refractivity contribution in [1.82, 2.24) is 4.83 Å². The molecule has 0 aliphatic heterocycles. The lowest BCUT2D eigenvalue weighted by molar-refractivity contribution is -0.384. The zero-order valence-electron chi connectivity index (χ0n) is 11.6. The summed E-state index contributed by atoms with van der Waals surface area (Å²) in [5, 5.41) is 14.5. The van der Waals surface area contributed by atoms with Gasteiger partial charge in [-0.3, -0.25) is 10.1 Å². The van der Waals surface area contributed by atoms with Crippen molar-refractivity contribution < 1.29 is 13.3 Å². The van der Waals surface area contributed by atoms with E-state index in [2.05, 4.69) is 9.93 Å². The van der Waals surface area contributed by atoms with Gasteiger partial charge in [0.25, 0.3) is 15.7 Å². The van der Waals surface area contributed by atoms with Crippen LogP contribution in [-0.2, 0) is 10.0 Å². The second-order valence-corrected chi connectivity index (χ2v) is 6.07. The largest absolute Gasteiger partial charge is 0.276 e. The van der Waals surface area contributed by atoms with Crippen molar-refractivity contribution in [3.05, 3.63) is 70.3 Å². The van der Waals surface area contributed by atoms with Gasteiger partial charge in [-0.1, -0.05) is 30.3 Å². The number of nitrogens with zero attached hydrogens (tertiary/aromatic N) is 2. The van der Waals surface area contributed by atoms with Gasteiger partial charge in [-0.2, -0.15) is 18.4 Å². The molecule has 0 heterocycles. The molecule has 0 aliphatic rings. The van der Waals surface area contributed by atoms with E-state index in [-0.39, 0.29) is 10.6 Å². The molecule has 22 heavy (non-hydrogen) atoms. The Morgan fingerprint density at radius 3 is 2.45 bits per heavy atom. The normalized spacial score (nSPS) is 12.0. The first-order valence-corrected chi connectivity index (χ1v) is 7.74. The lowest BCUT2D eigenvalue weighted by Gasteiger charge is -2.05.